The Morgan fingerprint density at radius 2 is 1.38 bits per heavy atom. The summed E-state index contributed by atoms with van der Waals surface area (Å²) in [4.78, 5) is 17.2. The number of ether oxygens (including phenoxy) is 1. The minimum Gasteiger partial charge on any atom is -0.461 e. The van der Waals surface area contributed by atoms with E-state index in [0.717, 1.165) is 25.9 Å². The van der Waals surface area contributed by atoms with E-state index in [2.05, 4.69) is 16.8 Å². The van der Waals surface area contributed by atoms with Crippen molar-refractivity contribution < 1.29 is 19.7 Å². The maximum Gasteiger partial charge on any atom is 0.347 e. The Balaban J connectivity index is 0.000000305. The Hall–Kier alpha value is -2.25. The smallest absolute Gasteiger partial charge is 0.347 e. The molecule has 0 aromatic heterocycles. The number of likely N-dealkylation sites (N-methyl/N-ethyl adjacent to an activating group) is 2. The zero-order chi connectivity index (χ0) is 23.0. The van der Waals surface area contributed by atoms with Gasteiger partial charge in [0.25, 0.3) is 0 Å². The van der Waals surface area contributed by atoms with Crippen LogP contribution in [0.2, 0.25) is 0 Å². The van der Waals surface area contributed by atoms with Gasteiger partial charge in [-0.2, -0.15) is 0 Å². The second-order valence-electron chi connectivity index (χ2n) is 8.78. The van der Waals surface area contributed by atoms with Crippen molar-refractivity contribution in [2.75, 3.05) is 40.4 Å². The highest BCUT2D eigenvalue weighted by atomic mass is 16.6. The average molecular weight is 441 g/mol. The zero-order valence-electron chi connectivity index (χ0n) is 19.2. The predicted octanol–water partition coefficient (Wildman–Crippen LogP) is 2.63. The first-order valence-electron chi connectivity index (χ1n) is 11.5. The Labute approximate surface area is 191 Å². The standard InChI is InChI=1S/C20H23NO3.C6H13NO/c1-21-14-8-13-18(21)15-24-19(22)20(23,16-9-4-2-5-10-16)17-11-6-3-7-12-17;1-7-4-2-3-6(7)5-8/h2-7,9-12,18,23H,8,13-15H2,1H3;6,8H,2-5H2,1H3/t18-;6-/m00/s1. The van der Waals surface area contributed by atoms with E-state index in [9.17, 15) is 9.90 Å². The molecule has 2 heterocycles. The predicted molar refractivity (Wildman–Crippen MR) is 125 cm³/mol. The fourth-order valence-corrected chi connectivity index (χ4v) is 4.44. The largest absolute Gasteiger partial charge is 0.461 e. The molecule has 0 unspecified atom stereocenters. The summed E-state index contributed by atoms with van der Waals surface area (Å²) >= 11 is 0. The fraction of sp³-hybridized carbons (Fsp3) is 0.500. The van der Waals surface area contributed by atoms with Gasteiger partial charge in [0.15, 0.2) is 0 Å². The first-order valence-corrected chi connectivity index (χ1v) is 11.5. The summed E-state index contributed by atoms with van der Waals surface area (Å²) in [6.07, 6.45) is 4.55. The number of aliphatic hydroxyl groups excluding tert-OH is 1. The quantitative estimate of drug-likeness (QED) is 0.673. The van der Waals surface area contributed by atoms with Crippen molar-refractivity contribution in [3.8, 4) is 0 Å². The zero-order valence-corrected chi connectivity index (χ0v) is 19.2. The molecule has 32 heavy (non-hydrogen) atoms. The number of esters is 1. The molecule has 2 aromatic carbocycles. The molecule has 2 aliphatic rings. The first kappa shape index (κ1) is 24.4. The molecule has 0 amide bonds. The second kappa shape index (κ2) is 11.6. The molecule has 0 saturated carbocycles. The lowest BCUT2D eigenvalue weighted by molar-refractivity contribution is -0.163. The van der Waals surface area contributed by atoms with Crippen LogP contribution in [0.3, 0.4) is 0 Å². The highest BCUT2D eigenvalue weighted by molar-refractivity contribution is 5.85. The van der Waals surface area contributed by atoms with Gasteiger partial charge in [0.05, 0.1) is 6.61 Å². The fourth-order valence-electron chi connectivity index (χ4n) is 4.44. The number of nitrogens with zero attached hydrogens (tertiary/aromatic N) is 2. The van der Waals surface area contributed by atoms with Gasteiger partial charge in [-0.3, -0.25) is 0 Å². The summed E-state index contributed by atoms with van der Waals surface area (Å²) in [6.45, 7) is 2.81. The minimum absolute atomic E-state index is 0.227. The van der Waals surface area contributed by atoms with Crippen LogP contribution >= 0.6 is 0 Å². The third-order valence-electron chi connectivity index (χ3n) is 6.64. The van der Waals surface area contributed by atoms with Crippen molar-refractivity contribution in [2.24, 2.45) is 0 Å². The van der Waals surface area contributed by atoms with Crippen LogP contribution in [0.1, 0.15) is 36.8 Å². The van der Waals surface area contributed by atoms with Gasteiger partial charge in [-0.15, -0.1) is 0 Å². The van der Waals surface area contributed by atoms with Crippen molar-refractivity contribution in [3.63, 3.8) is 0 Å². The number of benzene rings is 2. The monoisotopic (exact) mass is 440 g/mol. The van der Waals surface area contributed by atoms with Crippen molar-refractivity contribution in [1.82, 2.24) is 9.80 Å². The van der Waals surface area contributed by atoms with Gasteiger partial charge >= 0.3 is 5.97 Å². The lowest BCUT2D eigenvalue weighted by atomic mass is 9.86. The van der Waals surface area contributed by atoms with E-state index in [4.69, 9.17) is 9.84 Å². The highest BCUT2D eigenvalue weighted by Gasteiger charge is 2.42. The number of likely N-dealkylation sites (tertiary alicyclic amines) is 2. The summed E-state index contributed by atoms with van der Waals surface area (Å²) in [6, 6.07) is 18.6. The van der Waals surface area contributed by atoms with Gasteiger partial charge in [-0.25, -0.2) is 4.79 Å². The molecule has 2 saturated heterocycles. The Kier molecular flexibility index (Phi) is 8.82. The van der Waals surface area contributed by atoms with Crippen LogP contribution in [-0.4, -0.2) is 78.5 Å². The first-order chi connectivity index (χ1) is 15.5. The van der Waals surface area contributed by atoms with E-state index in [1.165, 1.54) is 12.8 Å². The summed E-state index contributed by atoms with van der Waals surface area (Å²) in [5.41, 5.74) is -0.762. The normalized spacial score (nSPS) is 21.8. The summed E-state index contributed by atoms with van der Waals surface area (Å²) in [5.74, 6) is -0.625. The summed E-state index contributed by atoms with van der Waals surface area (Å²) in [5, 5.41) is 20.0. The van der Waals surface area contributed by atoms with Gasteiger partial charge in [0.1, 0.15) is 6.61 Å². The number of carbonyl (C=O) groups is 1. The number of aliphatic hydroxyl groups is 2. The Morgan fingerprint density at radius 1 is 0.906 bits per heavy atom. The van der Waals surface area contributed by atoms with E-state index in [-0.39, 0.29) is 6.04 Å². The van der Waals surface area contributed by atoms with Crippen LogP contribution in [0.5, 0.6) is 0 Å². The lowest BCUT2D eigenvalue weighted by Crippen LogP contribution is -2.41. The van der Waals surface area contributed by atoms with Crippen LogP contribution < -0.4 is 0 Å². The van der Waals surface area contributed by atoms with Gasteiger partial charge in [0.2, 0.25) is 5.60 Å². The van der Waals surface area contributed by atoms with Crippen LogP contribution in [0.4, 0.5) is 0 Å². The summed E-state index contributed by atoms with van der Waals surface area (Å²) < 4.78 is 5.54. The second-order valence-corrected chi connectivity index (χ2v) is 8.78. The average Bonchev–Trinajstić information content (AvgIpc) is 3.45. The molecule has 2 aromatic rings. The highest BCUT2D eigenvalue weighted by Crippen LogP contribution is 2.31. The number of hydrogen-bond donors (Lipinski definition) is 2. The van der Waals surface area contributed by atoms with Crippen molar-refractivity contribution in [2.45, 2.75) is 43.4 Å². The van der Waals surface area contributed by atoms with E-state index >= 15 is 0 Å². The molecule has 0 spiro atoms. The van der Waals surface area contributed by atoms with Gasteiger partial charge in [-0.05, 0) is 64.0 Å². The maximum absolute atomic E-state index is 12.8. The molecular formula is C26H36N2O4. The van der Waals surface area contributed by atoms with E-state index in [1.807, 2.05) is 19.2 Å². The van der Waals surface area contributed by atoms with Crippen LogP contribution in [-0.2, 0) is 15.1 Å². The Bertz CT molecular complexity index is 791. The number of carbonyl (C=O) groups excluding carboxylic acids is 1. The molecular weight excluding hydrogens is 404 g/mol. The molecule has 2 N–H and O–H groups in total. The van der Waals surface area contributed by atoms with Gasteiger partial charge in [0, 0.05) is 12.1 Å². The molecule has 2 aliphatic heterocycles. The maximum atomic E-state index is 12.8. The molecule has 6 heteroatoms. The SMILES string of the molecule is CN1CCC[C@H]1CO.CN1CCC[C@H]1COC(=O)C(O)(c1ccccc1)c1ccccc1. The molecule has 174 valence electrons. The topological polar surface area (TPSA) is 73.2 Å². The van der Waals surface area contributed by atoms with Gasteiger partial charge in [-0.1, -0.05) is 60.7 Å². The molecule has 2 atom stereocenters. The molecule has 6 nitrogen and oxygen atoms in total. The molecule has 2 fully saturated rings. The third kappa shape index (κ3) is 5.75. The van der Waals surface area contributed by atoms with E-state index < -0.39 is 11.6 Å². The van der Waals surface area contributed by atoms with E-state index in [1.54, 1.807) is 48.5 Å². The summed E-state index contributed by atoms with van der Waals surface area (Å²) in [7, 11) is 4.10. The Morgan fingerprint density at radius 3 is 1.75 bits per heavy atom. The number of hydrogen-bond acceptors (Lipinski definition) is 6. The lowest BCUT2D eigenvalue weighted by Gasteiger charge is -2.28. The van der Waals surface area contributed by atoms with Crippen LogP contribution in [0.15, 0.2) is 60.7 Å². The van der Waals surface area contributed by atoms with Crippen molar-refractivity contribution in [3.05, 3.63) is 71.8 Å². The molecule has 0 radical (unpaired) electrons. The molecule has 0 bridgehead atoms. The molecule has 4 rings (SSSR count). The molecule has 0 aliphatic carbocycles. The van der Waals surface area contributed by atoms with Crippen molar-refractivity contribution in [1.29, 1.82) is 0 Å². The minimum atomic E-state index is -1.79. The van der Waals surface area contributed by atoms with Gasteiger partial charge < -0.3 is 24.7 Å². The van der Waals surface area contributed by atoms with E-state index in [0.29, 0.717) is 30.4 Å². The van der Waals surface area contributed by atoms with Crippen LogP contribution in [0.25, 0.3) is 0 Å². The van der Waals surface area contributed by atoms with Crippen molar-refractivity contribution >= 4 is 5.97 Å². The van der Waals surface area contributed by atoms with Crippen LogP contribution in [0, 0.1) is 0 Å². The number of rotatable bonds is 6. The third-order valence-corrected chi connectivity index (χ3v) is 6.64.